The van der Waals surface area contributed by atoms with Crippen LogP contribution in [0.2, 0.25) is 0 Å². The minimum absolute atomic E-state index is 0.105. The maximum atomic E-state index is 13.0. The highest BCUT2D eigenvalue weighted by molar-refractivity contribution is 7.92. The number of carbonyl (C=O) groups is 1. The minimum Gasteiger partial charge on any atom is -0.497 e. The Hall–Kier alpha value is -3.24. The van der Waals surface area contributed by atoms with Gasteiger partial charge in [-0.3, -0.25) is 9.10 Å². The largest absolute Gasteiger partial charge is 0.497 e. The van der Waals surface area contributed by atoms with Gasteiger partial charge in [0.2, 0.25) is 6.79 Å². The van der Waals surface area contributed by atoms with Crippen molar-refractivity contribution in [2.45, 2.75) is 11.4 Å². The van der Waals surface area contributed by atoms with E-state index in [1.165, 1.54) is 37.6 Å². The van der Waals surface area contributed by atoms with Crippen molar-refractivity contribution in [2.75, 3.05) is 25.3 Å². The predicted octanol–water partition coefficient (Wildman–Crippen LogP) is 3.24. The summed E-state index contributed by atoms with van der Waals surface area (Å²) in [5.41, 5.74) is 1.15. The molecule has 0 unspecified atom stereocenters. The second-order valence-corrected chi connectivity index (χ2v) is 9.54. The fraction of sp³-hybridized carbons (Fsp3) is 0.190. The van der Waals surface area contributed by atoms with Gasteiger partial charge in [-0.2, -0.15) is 0 Å². The lowest BCUT2D eigenvalue weighted by molar-refractivity contribution is 0.0955. The molecule has 0 radical (unpaired) electrons. The van der Waals surface area contributed by atoms with Crippen molar-refractivity contribution in [1.29, 1.82) is 0 Å². The Balaban J connectivity index is 1.50. The highest BCUT2D eigenvalue weighted by Crippen LogP contribution is 2.33. The first-order valence-electron chi connectivity index (χ1n) is 9.27. The van der Waals surface area contributed by atoms with E-state index in [-0.39, 0.29) is 24.1 Å². The molecule has 0 aliphatic carbocycles. The van der Waals surface area contributed by atoms with Gasteiger partial charge in [0.1, 0.15) is 10.6 Å². The van der Waals surface area contributed by atoms with Crippen LogP contribution in [0.1, 0.15) is 15.2 Å². The molecule has 31 heavy (non-hydrogen) atoms. The van der Waals surface area contributed by atoms with Gasteiger partial charge in [0, 0.05) is 13.6 Å². The molecule has 8 nitrogen and oxygen atoms in total. The van der Waals surface area contributed by atoms with Crippen molar-refractivity contribution in [3.8, 4) is 17.2 Å². The zero-order valence-corrected chi connectivity index (χ0v) is 18.5. The van der Waals surface area contributed by atoms with E-state index in [1.807, 2.05) is 6.07 Å². The quantitative estimate of drug-likeness (QED) is 0.582. The number of rotatable bonds is 7. The number of nitrogens with zero attached hydrogens (tertiary/aromatic N) is 1. The molecule has 0 spiro atoms. The van der Waals surface area contributed by atoms with Crippen LogP contribution in [-0.4, -0.2) is 35.3 Å². The fourth-order valence-electron chi connectivity index (χ4n) is 3.07. The number of ether oxygens (including phenoxy) is 3. The molecule has 0 atom stereocenters. The van der Waals surface area contributed by atoms with Crippen LogP contribution in [0, 0.1) is 0 Å². The molecule has 0 fully saturated rings. The van der Waals surface area contributed by atoms with Gasteiger partial charge in [-0.1, -0.05) is 6.07 Å². The number of amides is 1. The summed E-state index contributed by atoms with van der Waals surface area (Å²) in [4.78, 5) is 13.2. The van der Waals surface area contributed by atoms with E-state index in [0.29, 0.717) is 27.8 Å². The molecule has 0 saturated carbocycles. The number of hydrogen-bond acceptors (Lipinski definition) is 7. The number of nitrogens with one attached hydrogen (secondary N) is 1. The van der Waals surface area contributed by atoms with E-state index in [9.17, 15) is 13.2 Å². The van der Waals surface area contributed by atoms with Gasteiger partial charge >= 0.3 is 0 Å². The monoisotopic (exact) mass is 460 g/mol. The summed E-state index contributed by atoms with van der Waals surface area (Å²) in [6, 6.07) is 13.1. The normalized spacial score (nSPS) is 12.5. The molecule has 4 rings (SSSR count). The second kappa shape index (κ2) is 8.48. The number of carbonyl (C=O) groups excluding carboxylic acids is 1. The van der Waals surface area contributed by atoms with Gasteiger partial charge in [0.15, 0.2) is 11.5 Å². The number of anilines is 1. The zero-order chi connectivity index (χ0) is 22.0. The summed E-state index contributed by atoms with van der Waals surface area (Å²) in [6.45, 7) is 0.445. The summed E-state index contributed by atoms with van der Waals surface area (Å²) in [5, 5.41) is 4.52. The Bertz CT molecular complexity index is 1200. The summed E-state index contributed by atoms with van der Waals surface area (Å²) in [5.74, 6) is 1.50. The van der Waals surface area contributed by atoms with Crippen molar-refractivity contribution in [2.24, 2.45) is 0 Å². The molecule has 162 valence electrons. The van der Waals surface area contributed by atoms with Gasteiger partial charge in [-0.15, -0.1) is 11.3 Å². The Labute approximate surface area is 184 Å². The molecule has 1 aliphatic heterocycles. The lowest BCUT2D eigenvalue weighted by Crippen LogP contribution is -2.29. The van der Waals surface area contributed by atoms with Gasteiger partial charge in [-0.05, 0) is 53.4 Å². The minimum atomic E-state index is -3.84. The van der Waals surface area contributed by atoms with Gasteiger partial charge in [0.25, 0.3) is 15.9 Å². The number of sulfonamides is 1. The summed E-state index contributed by atoms with van der Waals surface area (Å²) in [6.07, 6.45) is 0. The van der Waals surface area contributed by atoms with Crippen LogP contribution in [0.4, 0.5) is 5.69 Å². The molecule has 2 aromatic carbocycles. The van der Waals surface area contributed by atoms with Crippen LogP contribution < -0.4 is 23.8 Å². The summed E-state index contributed by atoms with van der Waals surface area (Å²) in [7, 11) is -0.907. The van der Waals surface area contributed by atoms with Crippen LogP contribution in [0.3, 0.4) is 0 Å². The van der Waals surface area contributed by atoms with Crippen LogP contribution >= 0.6 is 11.3 Å². The van der Waals surface area contributed by atoms with Crippen LogP contribution in [0.15, 0.2) is 58.8 Å². The van der Waals surface area contributed by atoms with E-state index < -0.39 is 10.0 Å². The van der Waals surface area contributed by atoms with Crippen molar-refractivity contribution in [3.63, 3.8) is 0 Å². The second-order valence-electron chi connectivity index (χ2n) is 6.65. The van der Waals surface area contributed by atoms with E-state index in [1.54, 1.807) is 35.7 Å². The highest BCUT2D eigenvalue weighted by atomic mass is 32.2. The van der Waals surface area contributed by atoms with Gasteiger partial charge < -0.3 is 19.5 Å². The van der Waals surface area contributed by atoms with Crippen molar-refractivity contribution >= 4 is 33.0 Å². The molecule has 1 aromatic heterocycles. The Morgan fingerprint density at radius 1 is 1.13 bits per heavy atom. The van der Waals surface area contributed by atoms with Crippen molar-refractivity contribution in [1.82, 2.24) is 5.32 Å². The Morgan fingerprint density at radius 3 is 2.61 bits per heavy atom. The van der Waals surface area contributed by atoms with Gasteiger partial charge in [-0.25, -0.2) is 8.42 Å². The topological polar surface area (TPSA) is 94.2 Å². The molecular formula is C21H20N2O6S2. The molecule has 0 bridgehead atoms. The zero-order valence-electron chi connectivity index (χ0n) is 16.8. The van der Waals surface area contributed by atoms with Crippen LogP contribution in [0.25, 0.3) is 0 Å². The lowest BCUT2D eigenvalue weighted by atomic mass is 10.2. The van der Waals surface area contributed by atoms with Crippen molar-refractivity contribution in [3.05, 3.63) is 64.4 Å². The smallest absolute Gasteiger partial charge is 0.264 e. The number of benzene rings is 2. The van der Waals surface area contributed by atoms with Crippen molar-refractivity contribution < 1.29 is 27.4 Å². The first kappa shape index (κ1) is 21.0. The lowest BCUT2D eigenvalue weighted by Gasteiger charge is -2.20. The third-order valence-corrected chi connectivity index (χ3v) is 7.49. The first-order chi connectivity index (χ1) is 14.9. The first-order valence-corrected chi connectivity index (χ1v) is 11.6. The highest BCUT2D eigenvalue weighted by Gasteiger charge is 2.26. The van der Waals surface area contributed by atoms with Crippen LogP contribution in [0.5, 0.6) is 17.2 Å². The molecule has 1 N–H and O–H groups in total. The third-order valence-electron chi connectivity index (χ3n) is 4.80. The SMILES string of the molecule is COc1ccc(S(=O)(=O)N(C)c2ccsc2C(=O)NCc2ccc3c(c2)OCO3)cc1. The molecule has 3 aromatic rings. The van der Waals surface area contributed by atoms with E-state index in [2.05, 4.69) is 5.32 Å². The number of hydrogen-bond donors (Lipinski definition) is 1. The van der Waals surface area contributed by atoms with E-state index in [4.69, 9.17) is 14.2 Å². The molecule has 1 aliphatic rings. The van der Waals surface area contributed by atoms with Gasteiger partial charge in [0.05, 0.1) is 17.7 Å². The molecule has 0 saturated heterocycles. The Morgan fingerprint density at radius 2 is 1.87 bits per heavy atom. The average molecular weight is 461 g/mol. The molecule has 2 heterocycles. The fourth-order valence-corrected chi connectivity index (χ4v) is 5.17. The average Bonchev–Trinajstić information content (AvgIpc) is 3.46. The third kappa shape index (κ3) is 4.17. The number of fused-ring (bicyclic) bond motifs is 1. The predicted molar refractivity (Wildman–Crippen MR) is 117 cm³/mol. The molecule has 1 amide bonds. The maximum absolute atomic E-state index is 13.0. The Kier molecular flexibility index (Phi) is 5.75. The number of methoxy groups -OCH3 is 1. The van der Waals surface area contributed by atoms with E-state index in [0.717, 1.165) is 9.87 Å². The summed E-state index contributed by atoms with van der Waals surface area (Å²) < 4.78 is 42.9. The standard InChI is InChI=1S/C21H20N2O6S2/c1-23(31(25,26)16-6-4-15(27-2)5-7-16)17-9-10-30-20(17)21(24)22-12-14-3-8-18-19(11-14)29-13-28-18/h3-11H,12-13H2,1-2H3,(H,22,24). The number of thiophene rings is 1. The van der Waals surface area contributed by atoms with E-state index >= 15 is 0 Å². The molecule has 10 heteroatoms. The molecular weight excluding hydrogens is 440 g/mol. The maximum Gasteiger partial charge on any atom is 0.264 e. The van der Waals surface area contributed by atoms with Crippen LogP contribution in [-0.2, 0) is 16.6 Å². The summed E-state index contributed by atoms with van der Waals surface area (Å²) >= 11 is 1.18.